The highest BCUT2D eigenvalue weighted by Crippen LogP contribution is 2.34. The third-order valence-electron chi connectivity index (χ3n) is 4.73. The van der Waals surface area contributed by atoms with Crippen LogP contribution in [0.15, 0.2) is 71.6 Å². The number of halogens is 2. The lowest BCUT2D eigenvalue weighted by atomic mass is 10.0. The summed E-state index contributed by atoms with van der Waals surface area (Å²) in [6.07, 6.45) is 0. The van der Waals surface area contributed by atoms with E-state index in [1.807, 2.05) is 0 Å². The minimum Gasteiger partial charge on any atom is -0.497 e. The molecule has 1 amide bonds. The Kier molecular flexibility index (Phi) is 7.29. The largest absolute Gasteiger partial charge is 0.497 e. The maximum Gasteiger partial charge on any atom is 0.387 e. The van der Waals surface area contributed by atoms with Gasteiger partial charge in [0.25, 0.3) is 5.91 Å². The van der Waals surface area contributed by atoms with Crippen molar-refractivity contribution in [2.75, 3.05) is 26.5 Å². The van der Waals surface area contributed by atoms with E-state index < -0.39 is 22.5 Å². The summed E-state index contributed by atoms with van der Waals surface area (Å²) in [5.41, 5.74) is 1.34. The van der Waals surface area contributed by atoms with Crippen LogP contribution >= 0.6 is 0 Å². The Balaban J connectivity index is 1.93. The fourth-order valence-electron chi connectivity index (χ4n) is 3.01. The first-order valence-corrected chi connectivity index (χ1v) is 11.1. The molecule has 0 saturated heterocycles. The van der Waals surface area contributed by atoms with E-state index in [0.29, 0.717) is 22.6 Å². The summed E-state index contributed by atoms with van der Waals surface area (Å²) in [5, 5.41) is 2.66. The summed E-state index contributed by atoms with van der Waals surface area (Å²) in [4.78, 5) is 12.7. The molecule has 0 aliphatic heterocycles. The number of hydrogen-bond donors (Lipinski definition) is 1. The quantitative estimate of drug-likeness (QED) is 0.519. The van der Waals surface area contributed by atoms with Crippen molar-refractivity contribution in [3.05, 3.63) is 72.3 Å². The number of carbonyl (C=O) groups excluding carboxylic acids is 1. The number of rotatable bonds is 8. The number of sulfonamides is 1. The van der Waals surface area contributed by atoms with Crippen LogP contribution in [0.5, 0.6) is 11.5 Å². The SMILES string of the molecule is COc1ccc(-c2cc(NC(=O)c3cccc(S(=O)(=O)N(C)C)c3)ccc2OC(F)F)cc1. The highest BCUT2D eigenvalue weighted by atomic mass is 32.2. The molecule has 0 aliphatic rings. The number of nitrogens with zero attached hydrogens (tertiary/aromatic N) is 1. The Morgan fingerprint density at radius 3 is 2.30 bits per heavy atom. The third kappa shape index (κ3) is 5.65. The van der Waals surface area contributed by atoms with Crippen LogP contribution in [0.1, 0.15) is 10.4 Å². The third-order valence-corrected chi connectivity index (χ3v) is 6.54. The normalized spacial score (nSPS) is 11.5. The maximum absolute atomic E-state index is 12.9. The molecule has 7 nitrogen and oxygen atoms in total. The van der Waals surface area contributed by atoms with E-state index in [0.717, 1.165) is 4.31 Å². The molecule has 1 N–H and O–H groups in total. The maximum atomic E-state index is 12.9. The van der Waals surface area contributed by atoms with Crippen LogP contribution in [0.25, 0.3) is 11.1 Å². The smallest absolute Gasteiger partial charge is 0.387 e. The Hall–Kier alpha value is -3.50. The lowest BCUT2D eigenvalue weighted by Crippen LogP contribution is -2.22. The predicted molar refractivity (Wildman–Crippen MR) is 120 cm³/mol. The number of carbonyl (C=O) groups is 1. The van der Waals surface area contributed by atoms with Crippen LogP contribution < -0.4 is 14.8 Å². The zero-order valence-electron chi connectivity index (χ0n) is 18.1. The molecule has 0 fully saturated rings. The summed E-state index contributed by atoms with van der Waals surface area (Å²) >= 11 is 0. The monoisotopic (exact) mass is 476 g/mol. The molecule has 0 bridgehead atoms. The van der Waals surface area contributed by atoms with Crippen LogP contribution in [0.4, 0.5) is 14.5 Å². The van der Waals surface area contributed by atoms with Gasteiger partial charge in [-0.2, -0.15) is 8.78 Å². The molecule has 0 spiro atoms. The second kappa shape index (κ2) is 9.97. The first-order valence-electron chi connectivity index (χ1n) is 9.69. The fraction of sp³-hybridized carbons (Fsp3) is 0.174. The molecule has 10 heteroatoms. The standard InChI is InChI=1S/C23H22F2N2O5S/c1-27(2)33(29,30)19-6-4-5-16(13-19)22(28)26-17-9-12-21(32-23(24)25)20(14-17)15-7-10-18(31-3)11-8-15/h4-14,23H,1-3H3,(H,26,28). The summed E-state index contributed by atoms with van der Waals surface area (Å²) in [6.45, 7) is -3.02. The molecule has 0 heterocycles. The average Bonchev–Trinajstić information content (AvgIpc) is 2.79. The van der Waals surface area contributed by atoms with Gasteiger partial charge in [0.05, 0.1) is 12.0 Å². The molecule has 0 radical (unpaired) electrons. The van der Waals surface area contributed by atoms with Crippen molar-refractivity contribution < 1.29 is 31.5 Å². The Morgan fingerprint density at radius 1 is 1.00 bits per heavy atom. The zero-order chi connectivity index (χ0) is 24.2. The molecular weight excluding hydrogens is 454 g/mol. The number of benzene rings is 3. The van der Waals surface area contributed by atoms with Gasteiger partial charge in [0.15, 0.2) is 0 Å². The molecule has 33 heavy (non-hydrogen) atoms. The molecule has 0 aliphatic carbocycles. The molecule has 0 unspecified atom stereocenters. The number of anilines is 1. The summed E-state index contributed by atoms with van der Waals surface area (Å²) < 4.78 is 61.3. The molecule has 0 saturated carbocycles. The van der Waals surface area contributed by atoms with E-state index in [9.17, 15) is 22.0 Å². The van der Waals surface area contributed by atoms with Crippen LogP contribution in [-0.4, -0.2) is 46.4 Å². The van der Waals surface area contributed by atoms with Gasteiger partial charge in [0.1, 0.15) is 11.5 Å². The predicted octanol–water partition coefficient (Wildman–Crippen LogP) is 4.47. The van der Waals surface area contributed by atoms with Gasteiger partial charge in [-0.25, -0.2) is 12.7 Å². The first kappa shape index (κ1) is 24.1. The van der Waals surface area contributed by atoms with Crippen LogP contribution in [0.2, 0.25) is 0 Å². The number of ether oxygens (including phenoxy) is 2. The van der Waals surface area contributed by atoms with Crippen molar-refractivity contribution in [1.82, 2.24) is 4.31 Å². The van der Waals surface area contributed by atoms with Crippen molar-refractivity contribution in [1.29, 1.82) is 0 Å². The molecule has 3 aromatic carbocycles. The van der Waals surface area contributed by atoms with Crippen molar-refractivity contribution >= 4 is 21.6 Å². The van der Waals surface area contributed by atoms with Gasteiger partial charge < -0.3 is 14.8 Å². The summed E-state index contributed by atoms with van der Waals surface area (Å²) in [6, 6.07) is 16.5. The van der Waals surface area contributed by atoms with Gasteiger partial charge >= 0.3 is 6.61 Å². The van der Waals surface area contributed by atoms with Gasteiger partial charge in [0.2, 0.25) is 10.0 Å². The molecule has 3 rings (SSSR count). The van der Waals surface area contributed by atoms with Gasteiger partial charge in [-0.1, -0.05) is 18.2 Å². The van der Waals surface area contributed by atoms with E-state index in [1.165, 1.54) is 63.7 Å². The Bertz CT molecular complexity index is 1250. The number of methoxy groups -OCH3 is 1. The Morgan fingerprint density at radius 2 is 1.70 bits per heavy atom. The molecule has 3 aromatic rings. The van der Waals surface area contributed by atoms with Gasteiger partial charge in [0, 0.05) is 30.9 Å². The van der Waals surface area contributed by atoms with Gasteiger partial charge in [-0.15, -0.1) is 0 Å². The highest BCUT2D eigenvalue weighted by Gasteiger charge is 2.19. The molecular formula is C23H22F2N2O5S. The second-order valence-corrected chi connectivity index (χ2v) is 9.24. The van der Waals surface area contributed by atoms with Crippen molar-refractivity contribution in [2.45, 2.75) is 11.5 Å². The number of alkyl halides is 2. The van der Waals surface area contributed by atoms with Crippen LogP contribution in [0.3, 0.4) is 0 Å². The van der Waals surface area contributed by atoms with Crippen molar-refractivity contribution in [2.24, 2.45) is 0 Å². The van der Waals surface area contributed by atoms with E-state index in [-0.39, 0.29) is 16.2 Å². The van der Waals surface area contributed by atoms with Crippen LogP contribution in [0, 0.1) is 0 Å². The van der Waals surface area contributed by atoms with Crippen molar-refractivity contribution in [3.8, 4) is 22.6 Å². The summed E-state index contributed by atoms with van der Waals surface area (Å²) in [5.74, 6) is -0.0339. The first-order chi connectivity index (χ1) is 15.6. The van der Waals surface area contributed by atoms with E-state index >= 15 is 0 Å². The molecule has 174 valence electrons. The number of hydrogen-bond acceptors (Lipinski definition) is 5. The van der Waals surface area contributed by atoms with Crippen LogP contribution in [-0.2, 0) is 10.0 Å². The lowest BCUT2D eigenvalue weighted by molar-refractivity contribution is -0.0494. The second-order valence-electron chi connectivity index (χ2n) is 7.09. The van der Waals surface area contributed by atoms with E-state index in [4.69, 9.17) is 4.74 Å². The van der Waals surface area contributed by atoms with E-state index in [2.05, 4.69) is 10.1 Å². The highest BCUT2D eigenvalue weighted by molar-refractivity contribution is 7.89. The number of amides is 1. The number of nitrogens with one attached hydrogen (secondary N) is 1. The minimum atomic E-state index is -3.72. The topological polar surface area (TPSA) is 84.9 Å². The Labute approximate surface area is 190 Å². The minimum absolute atomic E-state index is 0.0280. The molecule has 0 atom stereocenters. The van der Waals surface area contributed by atoms with Crippen molar-refractivity contribution in [3.63, 3.8) is 0 Å². The summed E-state index contributed by atoms with van der Waals surface area (Å²) in [7, 11) is 0.583. The lowest BCUT2D eigenvalue weighted by Gasteiger charge is -2.15. The van der Waals surface area contributed by atoms with Gasteiger partial charge in [-0.05, 0) is 54.1 Å². The fourth-order valence-corrected chi connectivity index (χ4v) is 3.96. The average molecular weight is 477 g/mol. The van der Waals surface area contributed by atoms with E-state index in [1.54, 1.807) is 24.3 Å². The molecule has 0 aromatic heterocycles. The zero-order valence-corrected chi connectivity index (χ0v) is 18.9. The van der Waals surface area contributed by atoms with Gasteiger partial charge in [-0.3, -0.25) is 4.79 Å².